The highest BCUT2D eigenvalue weighted by Crippen LogP contribution is 2.43. The van der Waals surface area contributed by atoms with E-state index < -0.39 is 0 Å². The molecule has 0 aliphatic carbocycles. The second-order valence-electron chi connectivity index (χ2n) is 7.34. The van der Waals surface area contributed by atoms with Gasteiger partial charge in [0.1, 0.15) is 11.9 Å². The molecule has 0 bridgehead atoms. The Morgan fingerprint density at radius 3 is 2.65 bits per heavy atom. The first-order chi connectivity index (χ1) is 12.8. The van der Waals surface area contributed by atoms with Crippen LogP contribution in [0.3, 0.4) is 0 Å². The van der Waals surface area contributed by atoms with Crippen molar-refractivity contribution in [3.63, 3.8) is 0 Å². The molecule has 0 N–H and O–H groups in total. The smallest absolute Gasteiger partial charge is 0.144 e. The van der Waals surface area contributed by atoms with Gasteiger partial charge in [0.25, 0.3) is 0 Å². The maximum atomic E-state index is 6.41. The molecule has 0 spiro atoms. The molecule has 3 nitrogen and oxygen atoms in total. The molecule has 0 saturated carbocycles. The predicted octanol–water partition coefficient (Wildman–Crippen LogP) is 4.96. The van der Waals surface area contributed by atoms with Crippen LogP contribution < -0.4 is 4.74 Å². The van der Waals surface area contributed by atoms with Gasteiger partial charge in [-0.25, -0.2) is 0 Å². The molecule has 3 aromatic rings. The highest BCUT2D eigenvalue weighted by molar-refractivity contribution is 7.99. The molecule has 134 valence electrons. The second kappa shape index (κ2) is 6.67. The molecule has 26 heavy (non-hydrogen) atoms. The van der Waals surface area contributed by atoms with Crippen molar-refractivity contribution in [2.75, 3.05) is 19.6 Å². The predicted molar refractivity (Wildman–Crippen MR) is 107 cm³/mol. The Morgan fingerprint density at radius 1 is 1.04 bits per heavy atom. The largest absolute Gasteiger partial charge is 0.485 e. The van der Waals surface area contributed by atoms with Crippen LogP contribution >= 0.6 is 11.8 Å². The van der Waals surface area contributed by atoms with Crippen LogP contribution in [0, 0.1) is 6.92 Å². The first-order valence-corrected chi connectivity index (χ1v) is 10.3. The van der Waals surface area contributed by atoms with E-state index in [1.165, 1.54) is 52.3 Å². The minimum atomic E-state index is 0.242. The molecule has 1 unspecified atom stereocenters. The van der Waals surface area contributed by atoms with Gasteiger partial charge in [0.2, 0.25) is 0 Å². The van der Waals surface area contributed by atoms with E-state index in [2.05, 4.69) is 64.9 Å². The van der Waals surface area contributed by atoms with E-state index in [0.29, 0.717) is 0 Å². The third-order valence-electron chi connectivity index (χ3n) is 5.55. The molecule has 2 aliphatic rings. The van der Waals surface area contributed by atoms with Gasteiger partial charge in [-0.3, -0.25) is 4.90 Å². The lowest BCUT2D eigenvalue weighted by molar-refractivity contribution is 0.123. The quantitative estimate of drug-likeness (QED) is 0.652. The molecule has 1 aromatic heterocycles. The van der Waals surface area contributed by atoms with Crippen molar-refractivity contribution in [1.82, 2.24) is 9.47 Å². The van der Waals surface area contributed by atoms with Gasteiger partial charge in [0.15, 0.2) is 0 Å². The Bertz CT molecular complexity index is 928. The van der Waals surface area contributed by atoms with Gasteiger partial charge in [0, 0.05) is 27.4 Å². The van der Waals surface area contributed by atoms with E-state index in [9.17, 15) is 0 Å². The lowest BCUT2D eigenvalue weighted by atomic mass is 10.2. The third kappa shape index (κ3) is 2.81. The molecular formula is C22H24N2OS. The van der Waals surface area contributed by atoms with Crippen molar-refractivity contribution in [3.8, 4) is 5.75 Å². The van der Waals surface area contributed by atoms with Crippen LogP contribution in [0.15, 0.2) is 58.3 Å². The number of ether oxygens (including phenoxy) is 1. The van der Waals surface area contributed by atoms with Crippen molar-refractivity contribution in [2.24, 2.45) is 0 Å². The summed E-state index contributed by atoms with van der Waals surface area (Å²) in [6.45, 7) is 6.68. The summed E-state index contributed by atoms with van der Waals surface area (Å²) in [5.41, 5.74) is 2.62. The van der Waals surface area contributed by atoms with Gasteiger partial charge in [-0.05, 0) is 51.1 Å². The number of rotatable bonds is 4. The molecule has 2 aliphatic heterocycles. The first-order valence-electron chi connectivity index (χ1n) is 9.53. The molecule has 5 rings (SSSR count). The summed E-state index contributed by atoms with van der Waals surface area (Å²) in [7, 11) is 0. The number of nitrogens with zero attached hydrogens (tertiary/aromatic N) is 2. The molecule has 4 heteroatoms. The summed E-state index contributed by atoms with van der Waals surface area (Å²) in [6, 6.07) is 17.2. The minimum absolute atomic E-state index is 0.242. The number of benzene rings is 2. The van der Waals surface area contributed by atoms with Crippen LogP contribution in [0.2, 0.25) is 0 Å². The average molecular weight is 365 g/mol. The Labute approximate surface area is 158 Å². The number of hydrogen-bond acceptors (Lipinski definition) is 3. The van der Waals surface area contributed by atoms with E-state index in [-0.39, 0.29) is 6.10 Å². The summed E-state index contributed by atoms with van der Waals surface area (Å²) < 4.78 is 8.90. The van der Waals surface area contributed by atoms with Crippen LogP contribution in [0.5, 0.6) is 5.75 Å². The molecule has 1 saturated heterocycles. The topological polar surface area (TPSA) is 17.4 Å². The zero-order valence-electron chi connectivity index (χ0n) is 15.1. The van der Waals surface area contributed by atoms with Crippen LogP contribution in [-0.2, 0) is 6.54 Å². The summed E-state index contributed by atoms with van der Waals surface area (Å²) in [5, 5.41) is 1.31. The third-order valence-corrected chi connectivity index (χ3v) is 6.78. The Kier molecular flexibility index (Phi) is 4.18. The van der Waals surface area contributed by atoms with Crippen molar-refractivity contribution < 1.29 is 4.74 Å². The van der Waals surface area contributed by atoms with Crippen LogP contribution in [0.1, 0.15) is 18.5 Å². The van der Waals surface area contributed by atoms with Gasteiger partial charge >= 0.3 is 0 Å². The summed E-state index contributed by atoms with van der Waals surface area (Å²) >= 11 is 1.86. The molecule has 1 fully saturated rings. The molecule has 0 radical (unpaired) electrons. The fraction of sp³-hybridized carbons (Fsp3) is 0.364. The fourth-order valence-corrected chi connectivity index (χ4v) is 5.36. The monoisotopic (exact) mass is 364 g/mol. The van der Waals surface area contributed by atoms with Gasteiger partial charge in [0.05, 0.1) is 12.1 Å². The normalized spacial score (nSPS) is 19.8. The SMILES string of the molecule is Cc1c(Sc2ccccc2)c2cccc3c2n1CC(CN1CCCC1)O3. The van der Waals surface area contributed by atoms with Crippen molar-refractivity contribution in [3.05, 3.63) is 54.2 Å². The molecule has 2 aromatic carbocycles. The maximum absolute atomic E-state index is 6.41. The maximum Gasteiger partial charge on any atom is 0.144 e. The summed E-state index contributed by atoms with van der Waals surface area (Å²) in [4.78, 5) is 5.20. The minimum Gasteiger partial charge on any atom is -0.485 e. The number of hydrogen-bond donors (Lipinski definition) is 0. The van der Waals surface area contributed by atoms with Gasteiger partial charge in [-0.1, -0.05) is 42.1 Å². The molecule has 0 amide bonds. The lowest BCUT2D eigenvalue weighted by Crippen LogP contribution is -2.38. The van der Waals surface area contributed by atoms with Gasteiger partial charge in [-0.15, -0.1) is 0 Å². The van der Waals surface area contributed by atoms with Crippen molar-refractivity contribution in [2.45, 2.75) is 42.2 Å². The fourth-order valence-electron chi connectivity index (χ4n) is 4.30. The average Bonchev–Trinajstić information content (AvgIpc) is 3.26. The lowest BCUT2D eigenvalue weighted by Gasteiger charge is -2.30. The molecular weight excluding hydrogens is 340 g/mol. The molecule has 3 heterocycles. The Morgan fingerprint density at radius 2 is 1.85 bits per heavy atom. The summed E-state index contributed by atoms with van der Waals surface area (Å²) in [6.07, 6.45) is 2.90. The van der Waals surface area contributed by atoms with E-state index in [1.54, 1.807) is 0 Å². The second-order valence-corrected chi connectivity index (χ2v) is 8.42. The molecule has 1 atom stereocenters. The van der Waals surface area contributed by atoms with Crippen LogP contribution in [0.4, 0.5) is 0 Å². The van der Waals surface area contributed by atoms with E-state index in [1.807, 2.05) is 11.8 Å². The van der Waals surface area contributed by atoms with Crippen LogP contribution in [0.25, 0.3) is 10.9 Å². The van der Waals surface area contributed by atoms with Gasteiger partial charge in [-0.2, -0.15) is 0 Å². The number of aromatic nitrogens is 1. The zero-order chi connectivity index (χ0) is 17.5. The van der Waals surface area contributed by atoms with Crippen LogP contribution in [-0.4, -0.2) is 35.2 Å². The highest BCUT2D eigenvalue weighted by Gasteiger charge is 2.28. The Hall–Kier alpha value is -1.91. The van der Waals surface area contributed by atoms with Crippen molar-refractivity contribution in [1.29, 1.82) is 0 Å². The zero-order valence-corrected chi connectivity index (χ0v) is 16.0. The standard InChI is InChI=1S/C22H24N2OS/c1-16-22(26-18-8-3-2-4-9-18)19-10-7-11-20-21(19)24(16)15-17(25-20)14-23-12-5-6-13-23/h2-4,7-11,17H,5-6,12-15H2,1H3. The van der Waals surface area contributed by atoms with Crippen molar-refractivity contribution >= 4 is 22.7 Å². The number of likely N-dealkylation sites (tertiary alicyclic amines) is 1. The van der Waals surface area contributed by atoms with E-state index >= 15 is 0 Å². The Balaban J connectivity index is 1.51. The van der Waals surface area contributed by atoms with Gasteiger partial charge < -0.3 is 9.30 Å². The number of para-hydroxylation sites is 1. The van der Waals surface area contributed by atoms with E-state index in [4.69, 9.17) is 4.74 Å². The summed E-state index contributed by atoms with van der Waals surface area (Å²) in [5.74, 6) is 1.04. The highest BCUT2D eigenvalue weighted by atomic mass is 32.2. The van der Waals surface area contributed by atoms with E-state index in [0.717, 1.165) is 18.8 Å². The first kappa shape index (κ1) is 16.3.